The first kappa shape index (κ1) is 26.0. The number of aromatic hydroxyl groups is 1. The van der Waals surface area contributed by atoms with E-state index in [4.69, 9.17) is 20.7 Å². The fourth-order valence-electron chi connectivity index (χ4n) is 2.65. The second-order valence-electron chi connectivity index (χ2n) is 6.93. The highest BCUT2D eigenvalue weighted by molar-refractivity contribution is 7.82. The Bertz CT molecular complexity index is 1070. The monoisotopic (exact) mass is 484 g/mol. The van der Waals surface area contributed by atoms with Crippen LogP contribution in [0.2, 0.25) is 0 Å². The summed E-state index contributed by atoms with van der Waals surface area (Å²) in [5, 5.41) is 45.1. The number of halogens is 3. The summed E-state index contributed by atoms with van der Waals surface area (Å²) in [6.07, 6.45) is -2.70. The van der Waals surface area contributed by atoms with Crippen LogP contribution in [-0.4, -0.2) is 66.9 Å². The Hall–Kier alpha value is -3.23. The Kier molecular flexibility index (Phi) is 8.73. The number of hydrogen-bond acceptors (Lipinski definition) is 8. The van der Waals surface area contributed by atoms with E-state index in [2.05, 4.69) is 9.72 Å². The maximum Gasteiger partial charge on any atom is 0.422 e. The summed E-state index contributed by atoms with van der Waals surface area (Å²) in [6, 6.07) is 10.1. The van der Waals surface area contributed by atoms with Crippen LogP contribution in [0.15, 0.2) is 41.4 Å². The number of aromatic nitrogens is 1. The van der Waals surface area contributed by atoms with Crippen LogP contribution in [0, 0.1) is 22.7 Å². The molecule has 1 aliphatic heterocycles. The molecule has 0 bridgehead atoms. The maximum atomic E-state index is 12.2. The van der Waals surface area contributed by atoms with Crippen LogP contribution in [0.25, 0.3) is 0 Å². The quantitative estimate of drug-likeness (QED) is 0.579. The average Bonchev–Trinajstić information content (AvgIpc) is 3.20. The van der Waals surface area contributed by atoms with Crippen molar-refractivity contribution in [1.82, 2.24) is 9.29 Å². The number of aliphatic hydroxyl groups is 2. The standard InChI is InChI=1S/C11H13N3O3S.C9H6F3NO2/c12-5-9-1-2-10(6-13-9)18(17)14-4-3-11(16,7-14)8-15;10-9(11,12)5-15-8-3-6(4-13)1-2-7(8)14/h1-2,6,15-16H,3-4,7-8H2;1-3,14H,5H2. The molecule has 0 amide bonds. The van der Waals surface area contributed by atoms with Crippen LogP contribution >= 0.6 is 0 Å². The van der Waals surface area contributed by atoms with E-state index < -0.39 is 35.1 Å². The minimum absolute atomic E-state index is 0.116. The van der Waals surface area contributed by atoms with Gasteiger partial charge in [0.15, 0.2) is 18.1 Å². The van der Waals surface area contributed by atoms with Crippen molar-refractivity contribution < 1.29 is 37.4 Å². The molecule has 2 atom stereocenters. The van der Waals surface area contributed by atoms with Gasteiger partial charge in [-0.3, -0.25) is 0 Å². The highest BCUT2D eigenvalue weighted by Gasteiger charge is 2.38. The minimum Gasteiger partial charge on any atom is -0.504 e. The number of nitriles is 2. The first-order valence-corrected chi connectivity index (χ1v) is 10.4. The third kappa shape index (κ3) is 7.69. The molecule has 0 spiro atoms. The molecule has 2 unspecified atom stereocenters. The molecular weight excluding hydrogens is 465 g/mol. The maximum absolute atomic E-state index is 12.2. The molecule has 2 heterocycles. The number of nitrogens with zero attached hydrogens (tertiary/aromatic N) is 4. The van der Waals surface area contributed by atoms with Crippen LogP contribution in [-0.2, 0) is 11.0 Å². The van der Waals surface area contributed by atoms with Gasteiger partial charge in [-0.15, -0.1) is 0 Å². The zero-order chi connectivity index (χ0) is 24.6. The number of rotatable bonds is 5. The molecule has 1 saturated heterocycles. The normalized spacial score (nSPS) is 19.0. The SMILES string of the molecule is N#Cc1ccc(O)c(OCC(F)(F)F)c1.N#Cc1ccc(S(=O)N2CCC(O)(CO)C2)cn1. The second-order valence-corrected chi connectivity index (χ2v) is 8.42. The number of phenols is 1. The van der Waals surface area contributed by atoms with E-state index >= 15 is 0 Å². The molecule has 1 aromatic heterocycles. The summed E-state index contributed by atoms with van der Waals surface area (Å²) in [5.74, 6) is -0.787. The third-order valence-electron chi connectivity index (χ3n) is 4.36. The van der Waals surface area contributed by atoms with E-state index in [-0.39, 0.29) is 30.2 Å². The van der Waals surface area contributed by atoms with Gasteiger partial charge in [-0.25, -0.2) is 13.5 Å². The molecule has 0 saturated carbocycles. The zero-order valence-electron chi connectivity index (χ0n) is 17.0. The van der Waals surface area contributed by atoms with Gasteiger partial charge < -0.3 is 20.1 Å². The van der Waals surface area contributed by atoms with Crippen molar-refractivity contribution in [1.29, 1.82) is 10.5 Å². The van der Waals surface area contributed by atoms with Crippen LogP contribution in [0.5, 0.6) is 11.5 Å². The molecule has 33 heavy (non-hydrogen) atoms. The lowest BCUT2D eigenvalue weighted by atomic mass is 10.1. The molecule has 3 N–H and O–H groups in total. The smallest absolute Gasteiger partial charge is 0.422 e. The number of hydrogen-bond donors (Lipinski definition) is 3. The number of phenolic OH excluding ortho intramolecular Hbond substituents is 1. The molecule has 9 nitrogen and oxygen atoms in total. The van der Waals surface area contributed by atoms with Crippen molar-refractivity contribution in [3.63, 3.8) is 0 Å². The summed E-state index contributed by atoms with van der Waals surface area (Å²) in [5.41, 5.74) is -0.788. The Balaban J connectivity index is 0.000000238. The van der Waals surface area contributed by atoms with Crippen LogP contribution in [0.4, 0.5) is 13.2 Å². The summed E-state index contributed by atoms with van der Waals surface area (Å²) < 4.78 is 53.4. The number of β-amino-alcohol motifs (C(OH)–C–C–N with tert-alkyl or cyclic N) is 1. The van der Waals surface area contributed by atoms with Gasteiger partial charge >= 0.3 is 6.18 Å². The van der Waals surface area contributed by atoms with Gasteiger partial charge in [0.2, 0.25) is 0 Å². The fourth-order valence-corrected chi connectivity index (χ4v) is 3.89. The van der Waals surface area contributed by atoms with Crippen molar-refractivity contribution in [2.45, 2.75) is 23.1 Å². The lowest BCUT2D eigenvalue weighted by molar-refractivity contribution is -0.153. The fraction of sp³-hybridized carbons (Fsp3) is 0.350. The topological polar surface area (TPSA) is 151 Å². The largest absolute Gasteiger partial charge is 0.504 e. The van der Waals surface area contributed by atoms with Gasteiger partial charge in [-0.1, -0.05) is 0 Å². The van der Waals surface area contributed by atoms with E-state index in [0.717, 1.165) is 12.1 Å². The molecule has 1 aliphatic rings. The van der Waals surface area contributed by atoms with E-state index in [1.807, 2.05) is 6.07 Å². The third-order valence-corrected chi connectivity index (χ3v) is 5.78. The lowest BCUT2D eigenvalue weighted by Gasteiger charge is -2.19. The van der Waals surface area contributed by atoms with Gasteiger partial charge in [0.25, 0.3) is 0 Å². The number of pyridine rings is 1. The number of alkyl halides is 3. The van der Waals surface area contributed by atoms with E-state index in [1.165, 1.54) is 18.3 Å². The highest BCUT2D eigenvalue weighted by Crippen LogP contribution is 2.28. The second kappa shape index (κ2) is 11.1. The Morgan fingerprint density at radius 3 is 2.48 bits per heavy atom. The van der Waals surface area contributed by atoms with Crippen LogP contribution in [0.1, 0.15) is 17.7 Å². The van der Waals surface area contributed by atoms with Gasteiger partial charge in [-0.05, 0) is 30.7 Å². The van der Waals surface area contributed by atoms with E-state index in [9.17, 15) is 22.5 Å². The summed E-state index contributed by atoms with van der Waals surface area (Å²) >= 11 is 0. The Morgan fingerprint density at radius 1 is 1.24 bits per heavy atom. The first-order valence-electron chi connectivity index (χ1n) is 9.29. The predicted molar refractivity (Wildman–Crippen MR) is 108 cm³/mol. The van der Waals surface area contributed by atoms with E-state index in [0.29, 0.717) is 17.9 Å². The van der Waals surface area contributed by atoms with Crippen molar-refractivity contribution in [2.24, 2.45) is 0 Å². The number of benzene rings is 1. The molecule has 3 rings (SSSR count). The van der Waals surface area contributed by atoms with Crippen molar-refractivity contribution in [3.8, 4) is 23.6 Å². The minimum atomic E-state index is -4.48. The zero-order valence-corrected chi connectivity index (χ0v) is 17.8. The summed E-state index contributed by atoms with van der Waals surface area (Å²) in [7, 11) is -1.43. The predicted octanol–water partition coefficient (Wildman–Crippen LogP) is 1.61. The average molecular weight is 484 g/mol. The molecule has 13 heteroatoms. The van der Waals surface area contributed by atoms with Crippen molar-refractivity contribution >= 4 is 11.0 Å². The van der Waals surface area contributed by atoms with Crippen LogP contribution < -0.4 is 4.74 Å². The number of aliphatic hydroxyl groups excluding tert-OH is 1. The van der Waals surface area contributed by atoms with Gasteiger partial charge in [0, 0.05) is 25.4 Å². The summed E-state index contributed by atoms with van der Waals surface area (Å²) in [4.78, 5) is 4.34. The van der Waals surface area contributed by atoms with Gasteiger partial charge in [-0.2, -0.15) is 23.7 Å². The van der Waals surface area contributed by atoms with Crippen LogP contribution in [0.3, 0.4) is 0 Å². The molecule has 2 aromatic rings. The molecular formula is C20H19F3N4O5S. The Labute approximate surface area is 189 Å². The summed E-state index contributed by atoms with van der Waals surface area (Å²) in [6.45, 7) is -1.23. The number of ether oxygens (including phenoxy) is 1. The molecule has 1 aromatic carbocycles. The molecule has 176 valence electrons. The molecule has 1 fully saturated rings. The molecule has 0 radical (unpaired) electrons. The van der Waals surface area contributed by atoms with Gasteiger partial charge in [0.05, 0.1) is 23.1 Å². The van der Waals surface area contributed by atoms with Crippen molar-refractivity contribution in [2.75, 3.05) is 26.3 Å². The van der Waals surface area contributed by atoms with Crippen molar-refractivity contribution in [3.05, 3.63) is 47.8 Å². The first-order chi connectivity index (χ1) is 15.5. The Morgan fingerprint density at radius 2 is 1.97 bits per heavy atom. The molecule has 0 aliphatic carbocycles. The van der Waals surface area contributed by atoms with E-state index in [1.54, 1.807) is 16.4 Å². The lowest BCUT2D eigenvalue weighted by Crippen LogP contribution is -2.37. The highest BCUT2D eigenvalue weighted by atomic mass is 32.2. The van der Waals surface area contributed by atoms with Gasteiger partial charge in [0.1, 0.15) is 28.3 Å².